The van der Waals surface area contributed by atoms with Crippen molar-refractivity contribution in [2.75, 3.05) is 18.0 Å². The number of carbonyl (C=O) groups is 1. The minimum absolute atomic E-state index is 0.136. The van der Waals surface area contributed by atoms with Gasteiger partial charge in [0.05, 0.1) is 5.52 Å². The van der Waals surface area contributed by atoms with Gasteiger partial charge in [-0.15, -0.1) is 0 Å². The summed E-state index contributed by atoms with van der Waals surface area (Å²) in [6.45, 7) is 2.28. The van der Waals surface area contributed by atoms with E-state index in [2.05, 4.69) is 16.1 Å². The lowest BCUT2D eigenvalue weighted by atomic mass is 10.0. The van der Waals surface area contributed by atoms with Crippen LogP contribution >= 0.6 is 0 Å². The highest BCUT2D eigenvalue weighted by molar-refractivity contribution is 6.02. The fourth-order valence-electron chi connectivity index (χ4n) is 4.05. The summed E-state index contributed by atoms with van der Waals surface area (Å²) in [6.07, 6.45) is 4.10. The summed E-state index contributed by atoms with van der Waals surface area (Å²) in [5, 5.41) is 14.0. The third kappa shape index (κ3) is 1.91. The number of carboxylic acid groups (broad SMARTS) is 1. The molecule has 1 aromatic carbocycles. The predicted octanol–water partition coefficient (Wildman–Crippen LogP) is 2.51. The van der Waals surface area contributed by atoms with Crippen molar-refractivity contribution in [1.29, 1.82) is 0 Å². The molecule has 5 heteroatoms. The molecule has 0 amide bonds. The fraction of sp³-hybridized carbons (Fsp3) is 0.500. The molecule has 1 aliphatic carbocycles. The Labute approximate surface area is 123 Å². The number of aryl methyl sites for hydroxylation is 1. The predicted molar refractivity (Wildman–Crippen MR) is 80.7 cm³/mol. The van der Waals surface area contributed by atoms with E-state index >= 15 is 0 Å². The van der Waals surface area contributed by atoms with Crippen molar-refractivity contribution < 1.29 is 9.90 Å². The van der Waals surface area contributed by atoms with E-state index in [1.54, 1.807) is 11.7 Å². The van der Waals surface area contributed by atoms with Crippen LogP contribution < -0.4 is 4.90 Å². The molecule has 2 atom stereocenters. The SMILES string of the molecule is Cn1nc(C(=O)O)c2ccc(N3C[C@H]4CCC[C@H]4C3)cc21. The molecule has 1 aromatic heterocycles. The number of aromatic nitrogens is 2. The maximum Gasteiger partial charge on any atom is 0.357 e. The Morgan fingerprint density at radius 3 is 2.67 bits per heavy atom. The van der Waals surface area contributed by atoms with Crippen LogP contribution in [0.4, 0.5) is 5.69 Å². The zero-order valence-electron chi connectivity index (χ0n) is 12.1. The van der Waals surface area contributed by atoms with Crippen LogP contribution in [-0.4, -0.2) is 33.9 Å². The molecule has 1 saturated heterocycles. The Morgan fingerprint density at radius 1 is 1.29 bits per heavy atom. The molecule has 2 fully saturated rings. The maximum absolute atomic E-state index is 11.2. The van der Waals surface area contributed by atoms with E-state index in [1.165, 1.54) is 24.9 Å². The third-order valence-corrected chi connectivity index (χ3v) is 5.13. The van der Waals surface area contributed by atoms with Crippen molar-refractivity contribution in [3.63, 3.8) is 0 Å². The first-order valence-electron chi connectivity index (χ1n) is 7.58. The van der Waals surface area contributed by atoms with Crippen molar-refractivity contribution in [3.8, 4) is 0 Å². The fourth-order valence-corrected chi connectivity index (χ4v) is 4.05. The average Bonchev–Trinajstić information content (AvgIpc) is 3.11. The second-order valence-electron chi connectivity index (χ2n) is 6.33. The number of aromatic carboxylic acids is 1. The monoisotopic (exact) mass is 285 g/mol. The lowest BCUT2D eigenvalue weighted by Crippen LogP contribution is -2.20. The quantitative estimate of drug-likeness (QED) is 0.921. The molecule has 21 heavy (non-hydrogen) atoms. The van der Waals surface area contributed by atoms with Gasteiger partial charge < -0.3 is 10.0 Å². The Balaban J connectivity index is 1.71. The highest BCUT2D eigenvalue weighted by Crippen LogP contribution is 2.40. The second kappa shape index (κ2) is 4.48. The van der Waals surface area contributed by atoms with Crippen molar-refractivity contribution in [3.05, 3.63) is 23.9 Å². The molecule has 4 rings (SSSR count). The zero-order chi connectivity index (χ0) is 14.6. The molecule has 110 valence electrons. The van der Waals surface area contributed by atoms with Gasteiger partial charge in [0.2, 0.25) is 0 Å². The summed E-state index contributed by atoms with van der Waals surface area (Å²) < 4.78 is 1.67. The van der Waals surface area contributed by atoms with Crippen LogP contribution in [-0.2, 0) is 7.05 Å². The van der Waals surface area contributed by atoms with E-state index in [4.69, 9.17) is 0 Å². The van der Waals surface area contributed by atoms with Crippen LogP contribution in [0.2, 0.25) is 0 Å². The van der Waals surface area contributed by atoms with E-state index in [9.17, 15) is 9.90 Å². The average molecular weight is 285 g/mol. The summed E-state index contributed by atoms with van der Waals surface area (Å²) in [5.41, 5.74) is 2.22. The number of benzene rings is 1. The number of hydrogen-bond acceptors (Lipinski definition) is 3. The molecule has 0 bridgehead atoms. The smallest absolute Gasteiger partial charge is 0.357 e. The number of fused-ring (bicyclic) bond motifs is 2. The van der Waals surface area contributed by atoms with Crippen LogP contribution in [0.15, 0.2) is 18.2 Å². The Hall–Kier alpha value is -2.04. The molecule has 0 radical (unpaired) electrons. The van der Waals surface area contributed by atoms with Crippen LogP contribution in [0.25, 0.3) is 10.9 Å². The van der Waals surface area contributed by atoms with Gasteiger partial charge in [-0.2, -0.15) is 5.10 Å². The number of carboxylic acids is 1. The molecule has 1 aliphatic heterocycles. The molecule has 0 spiro atoms. The number of anilines is 1. The lowest BCUT2D eigenvalue weighted by Gasteiger charge is -2.19. The van der Waals surface area contributed by atoms with E-state index in [1.807, 2.05) is 12.1 Å². The number of rotatable bonds is 2. The maximum atomic E-state index is 11.2. The summed E-state index contributed by atoms with van der Waals surface area (Å²) in [6, 6.07) is 6.02. The van der Waals surface area contributed by atoms with E-state index in [0.29, 0.717) is 5.39 Å². The van der Waals surface area contributed by atoms with Gasteiger partial charge in [-0.1, -0.05) is 6.42 Å². The number of hydrogen-bond donors (Lipinski definition) is 1. The van der Waals surface area contributed by atoms with Gasteiger partial charge in [0.15, 0.2) is 5.69 Å². The van der Waals surface area contributed by atoms with Crippen molar-refractivity contribution >= 4 is 22.6 Å². The lowest BCUT2D eigenvalue weighted by molar-refractivity contribution is 0.0691. The summed E-state index contributed by atoms with van der Waals surface area (Å²) >= 11 is 0. The minimum atomic E-state index is -0.968. The standard InChI is InChI=1S/C16H19N3O2/c1-18-14-7-12(5-6-13(14)15(17-18)16(20)21)19-8-10-3-2-4-11(10)9-19/h5-7,10-11H,2-4,8-9H2,1H3,(H,20,21)/t10-,11+. The molecule has 5 nitrogen and oxygen atoms in total. The van der Waals surface area contributed by atoms with Crippen molar-refractivity contribution in [2.24, 2.45) is 18.9 Å². The Bertz CT molecular complexity index is 710. The van der Waals surface area contributed by atoms with Crippen LogP contribution in [0.3, 0.4) is 0 Å². The molecule has 0 unspecified atom stereocenters. The summed E-state index contributed by atoms with van der Waals surface area (Å²) in [5.74, 6) is 0.729. The molecule has 1 saturated carbocycles. The van der Waals surface area contributed by atoms with E-state index in [-0.39, 0.29) is 5.69 Å². The van der Waals surface area contributed by atoms with E-state index in [0.717, 1.165) is 30.4 Å². The minimum Gasteiger partial charge on any atom is -0.476 e. The van der Waals surface area contributed by atoms with Gasteiger partial charge in [-0.3, -0.25) is 4.68 Å². The van der Waals surface area contributed by atoms with Gasteiger partial charge >= 0.3 is 5.97 Å². The van der Waals surface area contributed by atoms with Gasteiger partial charge in [-0.05, 0) is 42.9 Å². The van der Waals surface area contributed by atoms with Gasteiger partial charge in [0.1, 0.15) is 0 Å². The highest BCUT2D eigenvalue weighted by atomic mass is 16.4. The molecule has 2 aliphatic rings. The van der Waals surface area contributed by atoms with Crippen molar-refractivity contribution in [1.82, 2.24) is 9.78 Å². The first kappa shape index (κ1) is 12.7. The van der Waals surface area contributed by atoms with E-state index < -0.39 is 5.97 Å². The highest BCUT2D eigenvalue weighted by Gasteiger charge is 2.36. The normalized spacial score (nSPS) is 24.7. The van der Waals surface area contributed by atoms with Crippen molar-refractivity contribution in [2.45, 2.75) is 19.3 Å². The number of nitrogens with zero attached hydrogens (tertiary/aromatic N) is 3. The van der Waals surface area contributed by atoms with Gasteiger partial charge in [0, 0.05) is 31.2 Å². The topological polar surface area (TPSA) is 58.4 Å². The summed E-state index contributed by atoms with van der Waals surface area (Å²) in [4.78, 5) is 13.7. The van der Waals surface area contributed by atoms with Crippen LogP contribution in [0.5, 0.6) is 0 Å². The molecule has 2 heterocycles. The van der Waals surface area contributed by atoms with Gasteiger partial charge in [-0.25, -0.2) is 4.79 Å². The Kier molecular flexibility index (Phi) is 2.71. The molecule has 2 aromatic rings. The molecular formula is C16H19N3O2. The zero-order valence-corrected chi connectivity index (χ0v) is 12.1. The second-order valence-corrected chi connectivity index (χ2v) is 6.33. The third-order valence-electron chi connectivity index (χ3n) is 5.13. The van der Waals surface area contributed by atoms with Crippen LogP contribution in [0, 0.1) is 11.8 Å². The Morgan fingerprint density at radius 2 is 2.00 bits per heavy atom. The first-order valence-corrected chi connectivity index (χ1v) is 7.58. The van der Waals surface area contributed by atoms with Gasteiger partial charge in [0.25, 0.3) is 0 Å². The largest absolute Gasteiger partial charge is 0.476 e. The first-order chi connectivity index (χ1) is 10.1. The molecular weight excluding hydrogens is 266 g/mol. The molecule has 1 N–H and O–H groups in total. The summed E-state index contributed by atoms with van der Waals surface area (Å²) in [7, 11) is 1.80. The van der Waals surface area contributed by atoms with Crippen LogP contribution in [0.1, 0.15) is 29.8 Å².